The van der Waals surface area contributed by atoms with E-state index in [-0.39, 0.29) is 25.7 Å². The number of amides is 1. The van der Waals surface area contributed by atoms with Crippen LogP contribution < -0.4 is 4.74 Å². The van der Waals surface area contributed by atoms with E-state index in [0.717, 1.165) is 24.2 Å². The second kappa shape index (κ2) is 7.53. The predicted octanol–water partition coefficient (Wildman–Crippen LogP) is 2.15. The van der Waals surface area contributed by atoms with Crippen LogP contribution in [0.2, 0.25) is 0 Å². The third-order valence-corrected chi connectivity index (χ3v) is 4.90. The summed E-state index contributed by atoms with van der Waals surface area (Å²) in [7, 11) is 0. The molecule has 0 aromatic heterocycles. The molecular formula is C19H27NO4. The zero-order valence-corrected chi connectivity index (χ0v) is 14.4. The Labute approximate surface area is 143 Å². The average Bonchev–Trinajstić information content (AvgIpc) is 2.71. The molecule has 1 saturated heterocycles. The summed E-state index contributed by atoms with van der Waals surface area (Å²) in [4.78, 5) is 14.2. The number of carbonyl (C=O) groups excluding carboxylic acids is 1. The summed E-state index contributed by atoms with van der Waals surface area (Å²) in [6.07, 6.45) is 4.12. The van der Waals surface area contributed by atoms with Crippen LogP contribution in [0, 0.1) is 12.8 Å². The van der Waals surface area contributed by atoms with Crippen molar-refractivity contribution in [1.29, 1.82) is 0 Å². The van der Waals surface area contributed by atoms with Crippen LogP contribution in [0.15, 0.2) is 24.3 Å². The van der Waals surface area contributed by atoms with Gasteiger partial charge in [-0.2, -0.15) is 0 Å². The van der Waals surface area contributed by atoms with Gasteiger partial charge >= 0.3 is 0 Å². The number of nitrogens with zero attached hydrogens (tertiary/aromatic N) is 1. The van der Waals surface area contributed by atoms with Crippen molar-refractivity contribution in [2.24, 2.45) is 5.92 Å². The summed E-state index contributed by atoms with van der Waals surface area (Å²) >= 11 is 0. The third kappa shape index (κ3) is 4.48. The number of β-amino-alcohol motifs (C(OH)–C–C–N with tert-alkyl or cyclic N) is 1. The van der Waals surface area contributed by atoms with E-state index in [2.05, 4.69) is 0 Å². The van der Waals surface area contributed by atoms with Crippen molar-refractivity contribution in [2.75, 3.05) is 32.9 Å². The lowest BCUT2D eigenvalue weighted by atomic mass is 9.82. The Bertz CT molecular complexity index is 572. The average molecular weight is 333 g/mol. The van der Waals surface area contributed by atoms with E-state index in [4.69, 9.17) is 9.47 Å². The first-order valence-corrected chi connectivity index (χ1v) is 8.81. The Hall–Kier alpha value is -1.59. The fourth-order valence-electron chi connectivity index (χ4n) is 3.21. The van der Waals surface area contributed by atoms with Crippen LogP contribution >= 0.6 is 0 Å². The predicted molar refractivity (Wildman–Crippen MR) is 91.0 cm³/mol. The summed E-state index contributed by atoms with van der Waals surface area (Å²) in [6, 6.07) is 7.72. The van der Waals surface area contributed by atoms with Gasteiger partial charge in [-0.05, 0) is 43.4 Å². The molecule has 0 unspecified atom stereocenters. The molecule has 1 amide bonds. The number of ether oxygens (including phenoxy) is 2. The molecule has 0 bridgehead atoms. The second-order valence-corrected chi connectivity index (χ2v) is 7.20. The third-order valence-electron chi connectivity index (χ3n) is 4.90. The van der Waals surface area contributed by atoms with Crippen molar-refractivity contribution in [3.05, 3.63) is 29.8 Å². The van der Waals surface area contributed by atoms with Gasteiger partial charge in [-0.1, -0.05) is 18.6 Å². The molecule has 0 spiro atoms. The van der Waals surface area contributed by atoms with Gasteiger partial charge in [-0.15, -0.1) is 0 Å². The minimum Gasteiger partial charge on any atom is -0.490 e. The summed E-state index contributed by atoms with van der Waals surface area (Å²) < 4.78 is 11.3. The smallest absolute Gasteiger partial charge is 0.223 e. The number of rotatable bonds is 5. The lowest BCUT2D eigenvalue weighted by Gasteiger charge is -2.32. The topological polar surface area (TPSA) is 59.0 Å². The molecule has 0 radical (unpaired) electrons. The maximum absolute atomic E-state index is 12.5. The molecule has 132 valence electrons. The first kappa shape index (κ1) is 17.2. The van der Waals surface area contributed by atoms with Crippen LogP contribution in [0.4, 0.5) is 0 Å². The molecule has 1 saturated carbocycles. The van der Waals surface area contributed by atoms with Gasteiger partial charge in [-0.3, -0.25) is 4.79 Å². The Kier molecular flexibility index (Phi) is 5.41. The molecule has 24 heavy (non-hydrogen) atoms. The van der Waals surface area contributed by atoms with Crippen molar-refractivity contribution < 1.29 is 19.4 Å². The fraction of sp³-hybridized carbons (Fsp3) is 0.632. The number of benzene rings is 1. The van der Waals surface area contributed by atoms with E-state index in [1.54, 1.807) is 4.90 Å². The first-order chi connectivity index (χ1) is 11.5. The first-order valence-electron chi connectivity index (χ1n) is 8.81. The Balaban J connectivity index is 1.58. The summed E-state index contributed by atoms with van der Waals surface area (Å²) in [5, 5.41) is 10.9. The molecule has 1 atom stereocenters. The van der Waals surface area contributed by atoms with Crippen molar-refractivity contribution in [2.45, 2.75) is 38.2 Å². The molecule has 1 aliphatic carbocycles. The van der Waals surface area contributed by atoms with Gasteiger partial charge in [0.2, 0.25) is 5.91 Å². The van der Waals surface area contributed by atoms with Crippen LogP contribution in [0.3, 0.4) is 0 Å². The molecule has 5 nitrogen and oxygen atoms in total. The van der Waals surface area contributed by atoms with Gasteiger partial charge in [0.1, 0.15) is 18.0 Å². The summed E-state index contributed by atoms with van der Waals surface area (Å²) in [5.74, 6) is 1.37. The van der Waals surface area contributed by atoms with E-state index in [1.165, 1.54) is 6.42 Å². The maximum atomic E-state index is 12.5. The van der Waals surface area contributed by atoms with Gasteiger partial charge < -0.3 is 19.5 Å². The van der Waals surface area contributed by atoms with Gasteiger partial charge in [0.15, 0.2) is 0 Å². The minimum absolute atomic E-state index is 0.115. The molecule has 1 aliphatic heterocycles. The molecule has 3 rings (SSSR count). The van der Waals surface area contributed by atoms with Crippen LogP contribution in [0.5, 0.6) is 5.75 Å². The molecule has 1 N–H and O–H groups in total. The van der Waals surface area contributed by atoms with Gasteiger partial charge in [0, 0.05) is 13.0 Å². The lowest BCUT2D eigenvalue weighted by Crippen LogP contribution is -2.50. The normalized spacial score (nSPS) is 25.0. The van der Waals surface area contributed by atoms with Gasteiger partial charge in [-0.25, -0.2) is 0 Å². The highest BCUT2D eigenvalue weighted by Crippen LogP contribution is 2.30. The van der Waals surface area contributed by atoms with E-state index in [9.17, 15) is 9.90 Å². The number of aliphatic hydroxyl groups is 1. The monoisotopic (exact) mass is 333 g/mol. The van der Waals surface area contributed by atoms with E-state index in [1.807, 2.05) is 31.2 Å². The molecule has 1 aromatic rings. The molecular weight excluding hydrogens is 306 g/mol. The van der Waals surface area contributed by atoms with Crippen molar-refractivity contribution in [1.82, 2.24) is 4.90 Å². The quantitative estimate of drug-likeness (QED) is 0.897. The number of carbonyl (C=O) groups is 1. The highest BCUT2D eigenvalue weighted by atomic mass is 16.5. The maximum Gasteiger partial charge on any atom is 0.223 e. The minimum atomic E-state index is -1.17. The highest BCUT2D eigenvalue weighted by Gasteiger charge is 2.36. The fourth-order valence-corrected chi connectivity index (χ4v) is 3.21. The Morgan fingerprint density at radius 3 is 3.00 bits per heavy atom. The van der Waals surface area contributed by atoms with Crippen molar-refractivity contribution in [3.63, 3.8) is 0 Å². The molecule has 2 aliphatic rings. The van der Waals surface area contributed by atoms with Crippen LogP contribution in [-0.4, -0.2) is 54.4 Å². The molecule has 1 heterocycles. The number of aryl methyl sites for hydroxylation is 1. The molecule has 5 heteroatoms. The summed E-state index contributed by atoms with van der Waals surface area (Å²) in [6.45, 7) is 3.57. The lowest BCUT2D eigenvalue weighted by molar-refractivity contribution is -0.136. The zero-order chi connectivity index (χ0) is 17.0. The van der Waals surface area contributed by atoms with Gasteiger partial charge in [0.05, 0.1) is 19.8 Å². The summed E-state index contributed by atoms with van der Waals surface area (Å²) in [5.41, 5.74) is -0.0656. The Morgan fingerprint density at radius 2 is 2.29 bits per heavy atom. The van der Waals surface area contributed by atoms with Crippen molar-refractivity contribution in [3.8, 4) is 5.75 Å². The highest BCUT2D eigenvalue weighted by molar-refractivity contribution is 5.76. The Morgan fingerprint density at radius 1 is 1.46 bits per heavy atom. The largest absolute Gasteiger partial charge is 0.490 e. The van der Waals surface area contributed by atoms with E-state index < -0.39 is 5.60 Å². The number of hydrogen-bond donors (Lipinski definition) is 1. The van der Waals surface area contributed by atoms with E-state index in [0.29, 0.717) is 25.5 Å². The van der Waals surface area contributed by atoms with Crippen LogP contribution in [-0.2, 0) is 9.53 Å². The second-order valence-electron chi connectivity index (χ2n) is 7.20. The van der Waals surface area contributed by atoms with Crippen LogP contribution in [0.1, 0.15) is 31.2 Å². The van der Waals surface area contributed by atoms with E-state index >= 15 is 0 Å². The van der Waals surface area contributed by atoms with Crippen molar-refractivity contribution >= 4 is 5.91 Å². The molecule has 2 fully saturated rings. The van der Waals surface area contributed by atoms with Gasteiger partial charge in [0.25, 0.3) is 0 Å². The number of hydrogen-bond acceptors (Lipinski definition) is 4. The standard InChI is InChI=1S/C19H27NO4/c1-15-4-2-7-17(10-15)24-14-19(22)12-20(8-9-23-13-19)18(21)11-16-5-3-6-16/h2,4,7,10,16,22H,3,5-6,8-9,11-14H2,1H3/t19-/m0/s1. The van der Waals surface area contributed by atoms with Crippen LogP contribution in [0.25, 0.3) is 0 Å². The SMILES string of the molecule is Cc1cccc(OC[C@@]2(O)COCCN(C(=O)CC3CCC3)C2)c1. The molecule has 1 aromatic carbocycles. The zero-order valence-electron chi connectivity index (χ0n) is 14.4.